The Hall–Kier alpha value is -2.40. The average Bonchev–Trinajstić information content (AvgIpc) is 2.70. The summed E-state index contributed by atoms with van der Waals surface area (Å²) in [6.07, 6.45) is 1.80. The Morgan fingerprint density at radius 2 is 1.67 bits per heavy atom. The largest absolute Gasteiger partial charge is 0.493 e. The second kappa shape index (κ2) is 10.7. The van der Waals surface area contributed by atoms with E-state index in [-0.39, 0.29) is 0 Å². The summed E-state index contributed by atoms with van der Waals surface area (Å²) < 4.78 is 10.7. The first-order valence-electron chi connectivity index (χ1n) is 8.94. The molecule has 0 aromatic heterocycles. The molecule has 2 aromatic rings. The number of hydrogen-bond acceptors (Lipinski definition) is 3. The minimum Gasteiger partial charge on any atom is -0.493 e. The lowest BCUT2D eigenvalue weighted by atomic mass is 10.1. The van der Waals surface area contributed by atoms with E-state index in [9.17, 15) is 0 Å². The fourth-order valence-corrected chi connectivity index (χ4v) is 2.92. The van der Waals surface area contributed by atoms with Crippen LogP contribution in [0.4, 0.5) is 0 Å². The Kier molecular flexibility index (Phi) is 8.27. The summed E-state index contributed by atoms with van der Waals surface area (Å²) in [5, 5.41) is 4.17. The molecule has 146 valence electrons. The van der Waals surface area contributed by atoms with E-state index in [2.05, 4.69) is 21.3 Å². The molecule has 2 rings (SSSR count). The van der Waals surface area contributed by atoms with E-state index in [1.807, 2.05) is 43.4 Å². The Labute approximate surface area is 167 Å². The monoisotopic (exact) mass is 389 g/mol. The van der Waals surface area contributed by atoms with Crippen LogP contribution < -0.4 is 14.8 Å². The van der Waals surface area contributed by atoms with Crippen molar-refractivity contribution in [3.63, 3.8) is 0 Å². The van der Waals surface area contributed by atoms with Gasteiger partial charge in [-0.15, -0.1) is 0 Å². The third kappa shape index (κ3) is 6.36. The van der Waals surface area contributed by atoms with Gasteiger partial charge in [-0.05, 0) is 48.2 Å². The molecule has 0 aliphatic heterocycles. The van der Waals surface area contributed by atoms with Crippen molar-refractivity contribution in [3.8, 4) is 11.5 Å². The topological polar surface area (TPSA) is 46.1 Å². The second-order valence-electron chi connectivity index (χ2n) is 6.21. The highest BCUT2D eigenvalue weighted by molar-refractivity contribution is 6.30. The van der Waals surface area contributed by atoms with Crippen LogP contribution in [0.3, 0.4) is 0 Å². The van der Waals surface area contributed by atoms with Crippen molar-refractivity contribution in [1.82, 2.24) is 10.2 Å². The summed E-state index contributed by atoms with van der Waals surface area (Å²) in [4.78, 5) is 6.50. The lowest BCUT2D eigenvalue weighted by molar-refractivity contribution is 0.354. The number of halogens is 1. The van der Waals surface area contributed by atoms with Crippen LogP contribution in [0.25, 0.3) is 0 Å². The van der Waals surface area contributed by atoms with Crippen LogP contribution >= 0.6 is 11.6 Å². The van der Waals surface area contributed by atoms with Crippen molar-refractivity contribution in [2.45, 2.75) is 12.8 Å². The van der Waals surface area contributed by atoms with Gasteiger partial charge in [0.15, 0.2) is 17.5 Å². The lowest BCUT2D eigenvalue weighted by Crippen LogP contribution is -2.40. The maximum absolute atomic E-state index is 5.93. The zero-order chi connectivity index (χ0) is 19.6. The molecular formula is C21H28ClN3O2. The molecule has 0 saturated heterocycles. The SMILES string of the molecule is CN=C(NCCc1ccc(Cl)cc1)N(C)CCc1ccc(OC)c(OC)c1. The van der Waals surface area contributed by atoms with Crippen LogP contribution in [0.1, 0.15) is 11.1 Å². The minimum absolute atomic E-state index is 0.745. The van der Waals surface area contributed by atoms with Gasteiger partial charge in [0.1, 0.15) is 0 Å². The van der Waals surface area contributed by atoms with Gasteiger partial charge in [-0.1, -0.05) is 29.8 Å². The number of methoxy groups -OCH3 is 2. The van der Waals surface area contributed by atoms with Gasteiger partial charge in [0.25, 0.3) is 0 Å². The zero-order valence-electron chi connectivity index (χ0n) is 16.5. The van der Waals surface area contributed by atoms with Gasteiger partial charge >= 0.3 is 0 Å². The van der Waals surface area contributed by atoms with Crippen molar-refractivity contribution in [1.29, 1.82) is 0 Å². The third-order valence-corrected chi connectivity index (χ3v) is 4.62. The fraction of sp³-hybridized carbons (Fsp3) is 0.381. The maximum atomic E-state index is 5.93. The smallest absolute Gasteiger partial charge is 0.193 e. The van der Waals surface area contributed by atoms with Crippen LogP contribution in [0, 0.1) is 0 Å². The van der Waals surface area contributed by atoms with Gasteiger partial charge in [-0.3, -0.25) is 4.99 Å². The first kappa shape index (κ1) is 20.9. The number of benzene rings is 2. The number of nitrogens with zero attached hydrogens (tertiary/aromatic N) is 2. The van der Waals surface area contributed by atoms with Crippen LogP contribution in [0.15, 0.2) is 47.5 Å². The van der Waals surface area contributed by atoms with Gasteiger partial charge in [-0.2, -0.15) is 0 Å². The van der Waals surface area contributed by atoms with Crippen molar-refractivity contribution < 1.29 is 9.47 Å². The maximum Gasteiger partial charge on any atom is 0.193 e. The minimum atomic E-state index is 0.745. The first-order valence-corrected chi connectivity index (χ1v) is 9.32. The summed E-state index contributed by atoms with van der Waals surface area (Å²) in [5.74, 6) is 2.38. The molecule has 2 aromatic carbocycles. The van der Waals surface area contributed by atoms with Crippen LogP contribution in [-0.4, -0.2) is 52.3 Å². The highest BCUT2D eigenvalue weighted by Crippen LogP contribution is 2.27. The van der Waals surface area contributed by atoms with E-state index in [1.165, 1.54) is 11.1 Å². The highest BCUT2D eigenvalue weighted by atomic mass is 35.5. The van der Waals surface area contributed by atoms with E-state index >= 15 is 0 Å². The van der Waals surface area contributed by atoms with Gasteiger partial charge in [-0.25, -0.2) is 0 Å². The number of aliphatic imine (C=N–C) groups is 1. The molecule has 0 unspecified atom stereocenters. The van der Waals surface area contributed by atoms with Crippen molar-refractivity contribution >= 4 is 17.6 Å². The predicted octanol–water partition coefficient (Wildman–Crippen LogP) is 3.65. The van der Waals surface area contributed by atoms with Crippen LogP contribution in [0.2, 0.25) is 5.02 Å². The van der Waals surface area contributed by atoms with E-state index in [1.54, 1.807) is 21.3 Å². The molecule has 0 atom stereocenters. The van der Waals surface area contributed by atoms with E-state index in [0.29, 0.717) is 0 Å². The van der Waals surface area contributed by atoms with Crippen molar-refractivity contribution in [3.05, 3.63) is 58.6 Å². The number of ether oxygens (including phenoxy) is 2. The van der Waals surface area contributed by atoms with Crippen molar-refractivity contribution in [2.75, 3.05) is 41.4 Å². The molecular weight excluding hydrogens is 362 g/mol. The quantitative estimate of drug-likeness (QED) is 0.553. The Morgan fingerprint density at radius 1 is 1.00 bits per heavy atom. The summed E-state index contributed by atoms with van der Waals surface area (Å²) in [6.45, 7) is 1.66. The van der Waals surface area contributed by atoms with Gasteiger partial charge in [0.05, 0.1) is 14.2 Å². The molecule has 1 N–H and O–H groups in total. The molecule has 0 spiro atoms. The summed E-state index contributed by atoms with van der Waals surface area (Å²) in [5.41, 5.74) is 2.44. The zero-order valence-corrected chi connectivity index (χ0v) is 17.2. The fourth-order valence-electron chi connectivity index (χ4n) is 2.79. The Morgan fingerprint density at radius 3 is 2.30 bits per heavy atom. The van der Waals surface area contributed by atoms with E-state index < -0.39 is 0 Å². The van der Waals surface area contributed by atoms with Crippen LogP contribution in [-0.2, 0) is 12.8 Å². The van der Waals surface area contributed by atoms with Crippen molar-refractivity contribution in [2.24, 2.45) is 4.99 Å². The summed E-state index contributed by atoms with van der Waals surface area (Å²) in [6, 6.07) is 14.0. The van der Waals surface area contributed by atoms with E-state index in [0.717, 1.165) is 48.4 Å². The molecule has 0 amide bonds. The summed E-state index contributed by atoms with van der Waals surface area (Å²) >= 11 is 5.93. The van der Waals surface area contributed by atoms with E-state index in [4.69, 9.17) is 21.1 Å². The number of hydrogen-bond donors (Lipinski definition) is 1. The number of nitrogens with one attached hydrogen (secondary N) is 1. The standard InChI is InChI=1S/C21H28ClN3O2/c1-23-21(24-13-11-16-5-8-18(22)9-6-16)25(2)14-12-17-7-10-19(26-3)20(15-17)27-4/h5-10,15H,11-14H2,1-4H3,(H,23,24). The number of likely N-dealkylation sites (N-methyl/N-ethyl adjacent to an activating group) is 1. The summed E-state index contributed by atoms with van der Waals surface area (Å²) in [7, 11) is 7.14. The first-order chi connectivity index (χ1) is 13.1. The highest BCUT2D eigenvalue weighted by Gasteiger charge is 2.08. The van der Waals surface area contributed by atoms with Gasteiger partial charge < -0.3 is 19.7 Å². The molecule has 0 heterocycles. The average molecular weight is 390 g/mol. The van der Waals surface area contributed by atoms with Crippen LogP contribution in [0.5, 0.6) is 11.5 Å². The normalized spacial score (nSPS) is 11.2. The molecule has 0 radical (unpaired) electrons. The molecule has 0 fully saturated rings. The Bertz CT molecular complexity index is 748. The lowest BCUT2D eigenvalue weighted by Gasteiger charge is -2.22. The van der Waals surface area contributed by atoms with Gasteiger partial charge in [0.2, 0.25) is 0 Å². The number of rotatable bonds is 8. The molecule has 0 saturated carbocycles. The second-order valence-corrected chi connectivity index (χ2v) is 6.65. The third-order valence-electron chi connectivity index (χ3n) is 4.37. The number of guanidine groups is 1. The molecule has 0 bridgehead atoms. The van der Waals surface area contributed by atoms with Gasteiger partial charge in [0, 0.05) is 32.2 Å². The predicted molar refractivity (Wildman–Crippen MR) is 112 cm³/mol. The molecule has 0 aliphatic rings. The molecule has 27 heavy (non-hydrogen) atoms. The molecule has 6 heteroatoms. The Balaban J connectivity index is 1.84. The molecule has 0 aliphatic carbocycles. The molecule has 5 nitrogen and oxygen atoms in total.